The van der Waals surface area contributed by atoms with Crippen molar-refractivity contribution in [3.63, 3.8) is 0 Å². The van der Waals surface area contributed by atoms with Crippen LogP contribution in [-0.2, 0) is 11.3 Å². The van der Waals surface area contributed by atoms with E-state index in [4.69, 9.17) is 0 Å². The van der Waals surface area contributed by atoms with Crippen molar-refractivity contribution in [3.05, 3.63) is 30.1 Å². The van der Waals surface area contributed by atoms with Crippen molar-refractivity contribution in [2.75, 3.05) is 0 Å². The van der Waals surface area contributed by atoms with Gasteiger partial charge in [-0.25, -0.2) is 0 Å². The highest BCUT2D eigenvalue weighted by atomic mass is 16.2. The summed E-state index contributed by atoms with van der Waals surface area (Å²) in [6, 6.07) is 6.37. The minimum absolute atomic E-state index is 0.160. The minimum Gasteiger partial charge on any atom is -0.348 e. The highest BCUT2D eigenvalue weighted by molar-refractivity contribution is 5.74. The van der Waals surface area contributed by atoms with Crippen LogP contribution in [0.25, 0.3) is 0 Å². The molecule has 1 aromatic heterocycles. The molecule has 0 spiro atoms. The van der Waals surface area contributed by atoms with Crippen LogP contribution in [0.2, 0.25) is 0 Å². The Labute approximate surface area is 139 Å². The maximum Gasteiger partial charge on any atom is 0.286 e. The van der Waals surface area contributed by atoms with Crippen molar-refractivity contribution < 1.29 is 9.36 Å². The quantitative estimate of drug-likeness (QED) is 0.852. The fourth-order valence-corrected chi connectivity index (χ4v) is 6.04. The minimum atomic E-state index is 0.160. The monoisotopic (exact) mass is 313 g/mol. The van der Waals surface area contributed by atoms with Crippen LogP contribution in [0.3, 0.4) is 0 Å². The third kappa shape index (κ3) is 2.79. The Balaban J connectivity index is 1.43. The summed E-state index contributed by atoms with van der Waals surface area (Å²) in [6.45, 7) is 4.74. The zero-order valence-corrected chi connectivity index (χ0v) is 14.4. The molecule has 0 radical (unpaired) electrons. The van der Waals surface area contributed by atoms with Gasteiger partial charge in [-0.1, -0.05) is 6.07 Å². The number of pyridine rings is 1. The predicted molar refractivity (Wildman–Crippen MR) is 89.6 cm³/mol. The number of amides is 1. The molecule has 1 atom stereocenters. The van der Waals surface area contributed by atoms with E-state index >= 15 is 0 Å². The molecule has 124 valence electrons. The summed E-state index contributed by atoms with van der Waals surface area (Å²) in [5.74, 6) is 2.97. The van der Waals surface area contributed by atoms with Gasteiger partial charge in [-0.15, -0.1) is 0 Å². The maximum atomic E-state index is 12.5. The second-order valence-corrected chi connectivity index (χ2v) is 8.54. The van der Waals surface area contributed by atoms with Gasteiger partial charge in [0.25, 0.3) is 5.91 Å². The molecule has 1 heterocycles. The molecule has 4 aliphatic rings. The van der Waals surface area contributed by atoms with Crippen molar-refractivity contribution in [3.8, 4) is 0 Å². The number of aryl methyl sites for hydroxylation is 1. The maximum absolute atomic E-state index is 12.5. The van der Waals surface area contributed by atoms with Gasteiger partial charge in [0, 0.05) is 25.1 Å². The second-order valence-electron chi connectivity index (χ2n) is 8.54. The summed E-state index contributed by atoms with van der Waals surface area (Å²) in [6.07, 6.45) is 10.4. The van der Waals surface area contributed by atoms with Gasteiger partial charge in [0.15, 0.2) is 11.9 Å². The smallest absolute Gasteiger partial charge is 0.286 e. The SMILES string of the molecule is Cc1cccc[n+]1CC(=O)N[C@@H](C)C12CC3CC(CC(C3)C1)C2. The summed E-state index contributed by atoms with van der Waals surface area (Å²) in [7, 11) is 0. The highest BCUT2D eigenvalue weighted by Gasteiger charge is 2.53. The van der Waals surface area contributed by atoms with Crippen LogP contribution >= 0.6 is 0 Å². The number of hydrogen-bond donors (Lipinski definition) is 1. The van der Waals surface area contributed by atoms with Gasteiger partial charge >= 0.3 is 0 Å². The number of nitrogens with one attached hydrogen (secondary N) is 1. The molecule has 4 fully saturated rings. The first-order valence-electron chi connectivity index (χ1n) is 9.28. The molecule has 0 aliphatic heterocycles. The van der Waals surface area contributed by atoms with E-state index in [1.54, 1.807) is 0 Å². The molecule has 0 aromatic carbocycles. The van der Waals surface area contributed by atoms with Crippen LogP contribution in [0.1, 0.15) is 51.1 Å². The van der Waals surface area contributed by atoms with Crippen LogP contribution in [0.15, 0.2) is 24.4 Å². The van der Waals surface area contributed by atoms with Gasteiger partial charge in [-0.2, -0.15) is 4.57 Å². The van der Waals surface area contributed by atoms with Gasteiger partial charge in [-0.3, -0.25) is 4.79 Å². The van der Waals surface area contributed by atoms with Crippen LogP contribution in [0, 0.1) is 30.1 Å². The summed E-state index contributed by atoms with van der Waals surface area (Å²) in [5, 5.41) is 3.35. The molecular formula is C20H29N2O+. The van der Waals surface area contributed by atoms with E-state index in [9.17, 15) is 4.79 Å². The Bertz CT molecular complexity index is 574. The van der Waals surface area contributed by atoms with Crippen molar-refractivity contribution in [1.82, 2.24) is 5.32 Å². The summed E-state index contributed by atoms with van der Waals surface area (Å²) in [4.78, 5) is 12.5. The van der Waals surface area contributed by atoms with E-state index < -0.39 is 0 Å². The van der Waals surface area contributed by atoms with E-state index in [0.717, 1.165) is 23.4 Å². The normalized spacial score (nSPS) is 36.0. The third-order valence-corrected chi connectivity index (χ3v) is 6.86. The number of carbonyl (C=O) groups excluding carboxylic acids is 1. The third-order valence-electron chi connectivity index (χ3n) is 6.86. The van der Waals surface area contributed by atoms with Crippen LogP contribution in [-0.4, -0.2) is 11.9 Å². The van der Waals surface area contributed by atoms with E-state index in [1.807, 2.05) is 22.9 Å². The molecule has 1 amide bonds. The Hall–Kier alpha value is -1.38. The zero-order chi connectivity index (χ0) is 16.0. The Kier molecular flexibility index (Phi) is 3.70. The number of nitrogens with zero attached hydrogens (tertiary/aromatic N) is 1. The number of hydrogen-bond acceptors (Lipinski definition) is 1. The average molecular weight is 313 g/mol. The number of carbonyl (C=O) groups is 1. The molecule has 4 aliphatic carbocycles. The van der Waals surface area contributed by atoms with Gasteiger partial charge in [-0.05, 0) is 68.6 Å². The van der Waals surface area contributed by atoms with Crippen molar-refractivity contribution in [2.45, 2.75) is 65.0 Å². The standard InChI is InChI=1S/C20H28N2O/c1-14-5-3-4-6-22(14)13-19(23)21-15(2)20-10-16-7-17(11-20)9-18(8-16)12-20/h3-6,15-18H,7-13H2,1-2H3/p+1/t15-,16?,17?,18?,20?/m0/s1. The summed E-state index contributed by atoms with van der Waals surface area (Å²) >= 11 is 0. The second kappa shape index (κ2) is 5.61. The Morgan fingerprint density at radius 3 is 2.39 bits per heavy atom. The van der Waals surface area contributed by atoms with Gasteiger partial charge in [0.1, 0.15) is 0 Å². The molecule has 1 N–H and O–H groups in total. The molecule has 3 heteroatoms. The van der Waals surface area contributed by atoms with Crippen molar-refractivity contribution in [1.29, 1.82) is 0 Å². The zero-order valence-electron chi connectivity index (χ0n) is 14.4. The lowest BCUT2D eigenvalue weighted by atomic mass is 9.48. The van der Waals surface area contributed by atoms with E-state index in [-0.39, 0.29) is 5.91 Å². The molecule has 5 rings (SSSR count). The van der Waals surface area contributed by atoms with Crippen molar-refractivity contribution in [2.24, 2.45) is 23.2 Å². The topological polar surface area (TPSA) is 33.0 Å². The van der Waals surface area contributed by atoms with Gasteiger partial charge in [0.05, 0.1) is 0 Å². The lowest BCUT2D eigenvalue weighted by Crippen LogP contribution is -2.57. The molecule has 0 unspecified atom stereocenters. The molecule has 4 bridgehead atoms. The average Bonchev–Trinajstić information content (AvgIpc) is 2.48. The first kappa shape index (κ1) is 15.2. The molecule has 1 aromatic rings. The lowest BCUT2D eigenvalue weighted by molar-refractivity contribution is -0.690. The van der Waals surface area contributed by atoms with E-state index in [0.29, 0.717) is 18.0 Å². The predicted octanol–water partition coefficient (Wildman–Crippen LogP) is 3.00. The summed E-state index contributed by atoms with van der Waals surface area (Å²) in [5.41, 5.74) is 1.52. The fraction of sp³-hybridized carbons (Fsp3) is 0.700. The van der Waals surface area contributed by atoms with Crippen LogP contribution < -0.4 is 9.88 Å². The van der Waals surface area contributed by atoms with E-state index in [1.165, 1.54) is 38.5 Å². The van der Waals surface area contributed by atoms with Crippen molar-refractivity contribution >= 4 is 5.91 Å². The first-order chi connectivity index (χ1) is 11.0. The lowest BCUT2D eigenvalue weighted by Gasteiger charge is -2.59. The van der Waals surface area contributed by atoms with Gasteiger partial charge in [0.2, 0.25) is 6.54 Å². The number of rotatable bonds is 4. The molecule has 3 nitrogen and oxygen atoms in total. The summed E-state index contributed by atoms with van der Waals surface area (Å²) < 4.78 is 2.03. The molecule has 0 saturated heterocycles. The van der Waals surface area contributed by atoms with E-state index in [2.05, 4.69) is 25.2 Å². The largest absolute Gasteiger partial charge is 0.348 e. The van der Waals surface area contributed by atoms with Crippen LogP contribution in [0.5, 0.6) is 0 Å². The Morgan fingerprint density at radius 2 is 1.83 bits per heavy atom. The molecule has 23 heavy (non-hydrogen) atoms. The van der Waals surface area contributed by atoms with Gasteiger partial charge < -0.3 is 5.32 Å². The Morgan fingerprint density at radius 1 is 1.22 bits per heavy atom. The van der Waals surface area contributed by atoms with Crippen LogP contribution in [0.4, 0.5) is 0 Å². The first-order valence-corrected chi connectivity index (χ1v) is 9.28. The number of aromatic nitrogens is 1. The molecular weight excluding hydrogens is 284 g/mol. The molecule has 4 saturated carbocycles. The fourth-order valence-electron chi connectivity index (χ4n) is 6.04. The highest BCUT2D eigenvalue weighted by Crippen LogP contribution is 2.61.